The third kappa shape index (κ3) is 4.30. The number of unbranched alkanes of at least 4 members (excludes halogenated alkanes) is 1. The number of aromatic nitrogens is 3. The summed E-state index contributed by atoms with van der Waals surface area (Å²) in [5.41, 5.74) is 4.23. The molecular weight excluding hydrogens is 422 g/mol. The van der Waals surface area contributed by atoms with Crippen LogP contribution in [-0.4, -0.2) is 26.8 Å². The largest absolute Gasteiger partial charge is 0.447 e. The van der Waals surface area contributed by atoms with Gasteiger partial charge in [-0.25, -0.2) is 0 Å². The Morgan fingerprint density at radius 2 is 2.00 bits per heavy atom. The number of anilines is 1. The molecule has 1 aromatic heterocycles. The lowest BCUT2D eigenvalue weighted by Crippen LogP contribution is -2.36. The molecular formula is C24H23N5O2S. The molecule has 0 fully saturated rings. The van der Waals surface area contributed by atoms with Crippen LogP contribution in [0.15, 0.2) is 47.6 Å². The highest BCUT2D eigenvalue weighted by Gasteiger charge is 2.34. The van der Waals surface area contributed by atoms with Crippen LogP contribution in [0.3, 0.4) is 0 Å². The second kappa shape index (κ2) is 9.37. The number of hydrogen-bond acceptors (Lipinski definition) is 7. The van der Waals surface area contributed by atoms with E-state index in [4.69, 9.17) is 10.00 Å². The van der Waals surface area contributed by atoms with Crippen molar-refractivity contribution < 1.29 is 9.53 Å². The van der Waals surface area contributed by atoms with Gasteiger partial charge in [-0.05, 0) is 37.6 Å². The summed E-state index contributed by atoms with van der Waals surface area (Å²) < 4.78 is 6.35. The van der Waals surface area contributed by atoms with Crippen molar-refractivity contribution in [3.63, 3.8) is 0 Å². The third-order valence-corrected chi connectivity index (χ3v) is 6.08. The van der Waals surface area contributed by atoms with Gasteiger partial charge in [-0.1, -0.05) is 48.9 Å². The maximum atomic E-state index is 12.8. The molecule has 1 atom stereocenters. The molecule has 0 saturated carbocycles. The van der Waals surface area contributed by atoms with E-state index in [0.717, 1.165) is 35.3 Å². The van der Waals surface area contributed by atoms with Crippen LogP contribution < -0.4 is 9.64 Å². The molecule has 0 aliphatic carbocycles. The number of ether oxygens (including phenoxy) is 1. The maximum Gasteiger partial charge on any atom is 0.247 e. The lowest BCUT2D eigenvalue weighted by Gasteiger charge is -2.30. The van der Waals surface area contributed by atoms with Gasteiger partial charge in [0.1, 0.15) is 0 Å². The minimum Gasteiger partial charge on any atom is -0.447 e. The zero-order valence-electron chi connectivity index (χ0n) is 18.2. The first kappa shape index (κ1) is 21.8. The van der Waals surface area contributed by atoms with E-state index in [1.165, 1.54) is 18.7 Å². The molecule has 7 nitrogen and oxygen atoms in total. The highest BCUT2D eigenvalue weighted by Crippen LogP contribution is 2.43. The number of hydrogen-bond donors (Lipinski definition) is 0. The van der Waals surface area contributed by atoms with E-state index in [-0.39, 0.29) is 5.91 Å². The van der Waals surface area contributed by atoms with Gasteiger partial charge in [0, 0.05) is 23.8 Å². The van der Waals surface area contributed by atoms with E-state index in [0.29, 0.717) is 28.0 Å². The van der Waals surface area contributed by atoms with Crippen LogP contribution in [0.5, 0.6) is 5.88 Å². The fourth-order valence-electron chi connectivity index (χ4n) is 3.53. The fraction of sp³-hybridized carbons (Fsp3) is 0.292. The van der Waals surface area contributed by atoms with Crippen LogP contribution in [0, 0.1) is 18.3 Å². The first-order valence-corrected chi connectivity index (χ1v) is 11.5. The van der Waals surface area contributed by atoms with Gasteiger partial charge in [-0.2, -0.15) is 10.2 Å². The second-order valence-electron chi connectivity index (χ2n) is 7.56. The van der Waals surface area contributed by atoms with Gasteiger partial charge in [0.2, 0.25) is 23.2 Å². The zero-order valence-corrected chi connectivity index (χ0v) is 19.0. The van der Waals surface area contributed by atoms with E-state index in [1.54, 1.807) is 29.2 Å². The number of rotatable bonds is 5. The SMILES string of the molecule is CCCCSc1nnc2c(n1)O[C@H](c1ccc(C#N)cc1)N(C(C)=O)c1ccc(C)cc1-2. The number of amides is 1. The smallest absolute Gasteiger partial charge is 0.247 e. The number of nitriles is 1. The maximum absolute atomic E-state index is 12.8. The predicted octanol–water partition coefficient (Wildman–Crippen LogP) is 5.06. The molecule has 0 N–H and O–H groups in total. The van der Waals surface area contributed by atoms with Gasteiger partial charge >= 0.3 is 0 Å². The highest BCUT2D eigenvalue weighted by atomic mass is 32.2. The minimum absolute atomic E-state index is 0.178. The molecule has 162 valence electrons. The van der Waals surface area contributed by atoms with Crippen molar-refractivity contribution in [2.75, 3.05) is 10.7 Å². The number of benzene rings is 2. The van der Waals surface area contributed by atoms with Crippen LogP contribution in [0.25, 0.3) is 11.3 Å². The Labute approximate surface area is 191 Å². The quantitative estimate of drug-likeness (QED) is 0.400. The zero-order chi connectivity index (χ0) is 22.7. The summed E-state index contributed by atoms with van der Waals surface area (Å²) in [5, 5.41) is 18.5. The monoisotopic (exact) mass is 445 g/mol. The predicted molar refractivity (Wildman–Crippen MR) is 123 cm³/mol. The molecule has 4 rings (SSSR count). The molecule has 2 heterocycles. The number of carbonyl (C=O) groups excluding carboxylic acids is 1. The first-order chi connectivity index (χ1) is 15.5. The normalized spacial score (nSPS) is 14.6. The number of aryl methyl sites for hydroxylation is 1. The van der Waals surface area contributed by atoms with Gasteiger partial charge < -0.3 is 4.74 Å². The lowest BCUT2D eigenvalue weighted by molar-refractivity contribution is -0.118. The third-order valence-electron chi connectivity index (χ3n) is 5.15. The first-order valence-electron chi connectivity index (χ1n) is 10.5. The topological polar surface area (TPSA) is 92.0 Å². The number of carbonyl (C=O) groups is 1. The van der Waals surface area contributed by atoms with E-state index < -0.39 is 6.23 Å². The molecule has 1 aliphatic rings. The van der Waals surface area contributed by atoms with Crippen molar-refractivity contribution in [1.82, 2.24) is 15.2 Å². The standard InChI is InChI=1S/C24H23N5O2S/c1-4-5-12-32-24-26-22-21(27-28-24)19-13-15(2)6-11-20(19)29(16(3)30)23(31-22)18-9-7-17(14-25)8-10-18/h6-11,13,23H,4-5,12H2,1-3H3/t23-/m1/s1. The average molecular weight is 446 g/mol. The van der Waals surface area contributed by atoms with E-state index >= 15 is 0 Å². The Morgan fingerprint density at radius 3 is 2.69 bits per heavy atom. The van der Waals surface area contributed by atoms with E-state index in [1.807, 2.05) is 25.1 Å². The molecule has 0 radical (unpaired) electrons. The van der Waals surface area contributed by atoms with E-state index in [9.17, 15) is 4.79 Å². The van der Waals surface area contributed by atoms with Crippen molar-refractivity contribution in [1.29, 1.82) is 5.26 Å². The molecule has 3 aromatic rings. The van der Waals surface area contributed by atoms with Crippen LogP contribution in [-0.2, 0) is 4.79 Å². The van der Waals surface area contributed by atoms with Gasteiger partial charge in [-0.3, -0.25) is 9.69 Å². The molecule has 1 aliphatic heterocycles. The fourth-order valence-corrected chi connectivity index (χ4v) is 4.39. The minimum atomic E-state index is -0.756. The summed E-state index contributed by atoms with van der Waals surface area (Å²) in [6.45, 7) is 5.63. The summed E-state index contributed by atoms with van der Waals surface area (Å²) in [4.78, 5) is 19.1. The van der Waals surface area contributed by atoms with Crippen LogP contribution in [0.4, 0.5) is 5.69 Å². The Bertz CT molecular complexity index is 1190. The Hall–Kier alpha value is -3.44. The van der Waals surface area contributed by atoms with E-state index in [2.05, 4.69) is 28.2 Å². The summed E-state index contributed by atoms with van der Waals surface area (Å²) in [5.74, 6) is 1.05. The van der Waals surface area contributed by atoms with Crippen molar-refractivity contribution in [3.8, 4) is 23.2 Å². The lowest BCUT2D eigenvalue weighted by atomic mass is 10.0. The molecule has 0 saturated heterocycles. The molecule has 32 heavy (non-hydrogen) atoms. The van der Waals surface area contributed by atoms with Crippen molar-refractivity contribution in [3.05, 3.63) is 59.2 Å². The van der Waals surface area contributed by atoms with Gasteiger partial charge in [0.05, 0.1) is 17.3 Å². The molecule has 0 unspecified atom stereocenters. The summed E-state index contributed by atoms with van der Waals surface area (Å²) in [6, 6.07) is 14.9. The number of nitrogens with zero attached hydrogens (tertiary/aromatic N) is 5. The summed E-state index contributed by atoms with van der Waals surface area (Å²) >= 11 is 1.54. The van der Waals surface area contributed by atoms with Crippen LogP contribution in [0.2, 0.25) is 0 Å². The Balaban J connectivity index is 1.87. The van der Waals surface area contributed by atoms with Gasteiger partial charge in [0.25, 0.3) is 0 Å². The molecule has 0 spiro atoms. The second-order valence-corrected chi connectivity index (χ2v) is 8.63. The summed E-state index contributed by atoms with van der Waals surface area (Å²) in [6.07, 6.45) is 1.39. The van der Waals surface area contributed by atoms with Crippen molar-refractivity contribution in [2.45, 2.75) is 45.0 Å². The Morgan fingerprint density at radius 1 is 1.22 bits per heavy atom. The highest BCUT2D eigenvalue weighted by molar-refractivity contribution is 7.99. The molecule has 1 amide bonds. The van der Waals surface area contributed by atoms with Crippen molar-refractivity contribution in [2.24, 2.45) is 0 Å². The molecule has 8 heteroatoms. The van der Waals surface area contributed by atoms with Crippen molar-refractivity contribution >= 4 is 23.4 Å². The summed E-state index contributed by atoms with van der Waals surface area (Å²) in [7, 11) is 0. The Kier molecular flexibility index (Phi) is 6.37. The average Bonchev–Trinajstić information content (AvgIpc) is 2.93. The van der Waals surface area contributed by atoms with Crippen LogP contribution >= 0.6 is 11.8 Å². The van der Waals surface area contributed by atoms with Crippen LogP contribution in [0.1, 0.15) is 49.6 Å². The number of thioether (sulfide) groups is 1. The van der Waals surface area contributed by atoms with Gasteiger partial charge in [-0.15, -0.1) is 10.2 Å². The molecule has 0 bridgehead atoms. The number of fused-ring (bicyclic) bond motifs is 3. The molecule has 2 aromatic carbocycles. The van der Waals surface area contributed by atoms with Gasteiger partial charge in [0.15, 0.2) is 5.69 Å².